The smallest absolute Gasteiger partial charge is 0.356 e. The molecule has 1 aromatic heterocycles. The van der Waals surface area contributed by atoms with Crippen molar-refractivity contribution in [1.29, 1.82) is 0 Å². The predicted octanol–water partition coefficient (Wildman–Crippen LogP) is 0.916. The van der Waals surface area contributed by atoms with Crippen molar-refractivity contribution in [2.24, 2.45) is 5.73 Å². The summed E-state index contributed by atoms with van der Waals surface area (Å²) in [5.41, 5.74) is 5.27. The quantitative estimate of drug-likeness (QED) is 0.806. The second-order valence-corrected chi connectivity index (χ2v) is 4.14. The van der Waals surface area contributed by atoms with Crippen LogP contribution in [0.5, 0.6) is 0 Å². The zero-order chi connectivity index (χ0) is 13.0. The number of nitrogens with two attached hydrogens (primary N) is 1. The number of amides is 1. The van der Waals surface area contributed by atoms with Crippen LogP contribution in [0.15, 0.2) is 16.6 Å². The maximum Gasteiger partial charge on any atom is 0.356 e. The lowest BCUT2D eigenvalue weighted by atomic mass is 10.3. The van der Waals surface area contributed by atoms with Gasteiger partial charge >= 0.3 is 5.97 Å². The van der Waals surface area contributed by atoms with Gasteiger partial charge in [-0.25, -0.2) is 9.78 Å². The van der Waals surface area contributed by atoms with Crippen molar-refractivity contribution in [2.45, 2.75) is 13.0 Å². The first-order chi connectivity index (χ1) is 7.95. The summed E-state index contributed by atoms with van der Waals surface area (Å²) < 4.78 is 5.17. The first-order valence-electron chi connectivity index (χ1n) is 4.76. The number of halogens is 1. The van der Waals surface area contributed by atoms with Gasteiger partial charge in [-0.15, -0.1) is 0 Å². The molecule has 3 N–H and O–H groups in total. The second-order valence-electron chi connectivity index (χ2n) is 3.29. The molecule has 1 rings (SSSR count). The van der Waals surface area contributed by atoms with Gasteiger partial charge in [0.15, 0.2) is 5.69 Å². The molecule has 6 nitrogen and oxygen atoms in total. The topological polar surface area (TPSA) is 94.3 Å². The van der Waals surface area contributed by atoms with E-state index in [4.69, 9.17) is 5.73 Å². The Morgan fingerprint density at radius 3 is 2.71 bits per heavy atom. The van der Waals surface area contributed by atoms with Gasteiger partial charge in [0.1, 0.15) is 11.9 Å². The largest absolute Gasteiger partial charge is 0.464 e. The number of pyridine rings is 1. The van der Waals surface area contributed by atoms with Crippen molar-refractivity contribution in [3.63, 3.8) is 0 Å². The number of hydrogen-bond donors (Lipinski definition) is 2. The molecule has 92 valence electrons. The molecule has 0 aliphatic carbocycles. The number of ether oxygens (including phenoxy) is 1. The number of nitrogens with zero attached hydrogens (tertiary/aromatic N) is 1. The van der Waals surface area contributed by atoms with E-state index in [0.29, 0.717) is 10.3 Å². The fourth-order valence-electron chi connectivity index (χ4n) is 1.04. The second kappa shape index (κ2) is 5.62. The number of primary amides is 1. The first kappa shape index (κ1) is 13.4. The molecule has 0 saturated carbocycles. The summed E-state index contributed by atoms with van der Waals surface area (Å²) in [6.07, 6.45) is 0. The number of carbonyl (C=O) groups is 2. The van der Waals surface area contributed by atoms with Crippen LogP contribution in [0.1, 0.15) is 17.4 Å². The van der Waals surface area contributed by atoms with E-state index in [0.717, 1.165) is 0 Å². The van der Waals surface area contributed by atoms with E-state index in [1.165, 1.54) is 13.2 Å². The van der Waals surface area contributed by atoms with Crippen molar-refractivity contribution >= 4 is 33.6 Å². The van der Waals surface area contributed by atoms with Crippen LogP contribution in [-0.4, -0.2) is 30.0 Å². The van der Waals surface area contributed by atoms with Crippen LogP contribution in [0.3, 0.4) is 0 Å². The predicted molar refractivity (Wildman–Crippen MR) is 65.6 cm³/mol. The highest BCUT2D eigenvalue weighted by molar-refractivity contribution is 9.10. The summed E-state index contributed by atoms with van der Waals surface area (Å²) in [5, 5.41) is 2.79. The molecule has 7 heteroatoms. The number of nitrogens with one attached hydrogen (secondary N) is 1. The number of carbonyl (C=O) groups excluding carboxylic acids is 2. The summed E-state index contributed by atoms with van der Waals surface area (Å²) >= 11 is 3.25. The summed E-state index contributed by atoms with van der Waals surface area (Å²) in [5.74, 6) is -0.700. The summed E-state index contributed by atoms with van der Waals surface area (Å²) in [6, 6.07) is 2.55. The Morgan fingerprint density at radius 1 is 1.53 bits per heavy atom. The number of methoxy groups -OCH3 is 1. The van der Waals surface area contributed by atoms with E-state index in [-0.39, 0.29) is 5.69 Å². The van der Waals surface area contributed by atoms with Crippen molar-refractivity contribution < 1.29 is 14.3 Å². The van der Waals surface area contributed by atoms with Gasteiger partial charge in [0.05, 0.1) is 11.6 Å². The maximum absolute atomic E-state index is 11.3. The average molecular weight is 302 g/mol. The lowest BCUT2D eigenvalue weighted by Crippen LogP contribution is -2.33. The number of esters is 1. The minimum Gasteiger partial charge on any atom is -0.464 e. The van der Waals surface area contributed by atoms with Crippen LogP contribution in [-0.2, 0) is 9.53 Å². The molecule has 1 heterocycles. The minimum absolute atomic E-state index is 0.148. The normalized spacial score (nSPS) is 11.7. The molecule has 1 amide bonds. The molecule has 0 bridgehead atoms. The molecular formula is C10H12BrN3O3. The van der Waals surface area contributed by atoms with Crippen molar-refractivity contribution in [2.75, 3.05) is 12.4 Å². The van der Waals surface area contributed by atoms with Crippen LogP contribution >= 0.6 is 15.9 Å². The summed E-state index contributed by atoms with van der Waals surface area (Å²) in [4.78, 5) is 26.2. The zero-order valence-electron chi connectivity index (χ0n) is 9.36. The monoisotopic (exact) mass is 301 g/mol. The van der Waals surface area contributed by atoms with Crippen molar-refractivity contribution in [3.8, 4) is 0 Å². The molecule has 0 fully saturated rings. The fourth-order valence-corrected chi connectivity index (χ4v) is 1.37. The molecule has 0 aliphatic rings. The Balaban J connectivity index is 2.98. The SMILES string of the molecule is COC(=O)c1ccc(Br)c(NC(C)C(N)=O)n1. The van der Waals surface area contributed by atoms with Crippen LogP contribution < -0.4 is 11.1 Å². The molecule has 0 saturated heterocycles. The van der Waals surface area contributed by atoms with E-state index in [9.17, 15) is 9.59 Å². The molecule has 0 aliphatic heterocycles. The highest BCUT2D eigenvalue weighted by Gasteiger charge is 2.14. The van der Waals surface area contributed by atoms with E-state index in [1.54, 1.807) is 13.0 Å². The van der Waals surface area contributed by atoms with Gasteiger partial charge in [-0.05, 0) is 35.0 Å². The van der Waals surface area contributed by atoms with Gasteiger partial charge in [-0.3, -0.25) is 4.79 Å². The highest BCUT2D eigenvalue weighted by atomic mass is 79.9. The third-order valence-corrected chi connectivity index (χ3v) is 2.66. The van der Waals surface area contributed by atoms with E-state index in [1.807, 2.05) is 0 Å². The standard InChI is InChI=1S/C10H12BrN3O3/c1-5(8(12)15)13-9-6(11)3-4-7(14-9)10(16)17-2/h3-5H,1-2H3,(H2,12,15)(H,13,14). The van der Waals surface area contributed by atoms with Gasteiger partial charge < -0.3 is 15.8 Å². The molecule has 17 heavy (non-hydrogen) atoms. The van der Waals surface area contributed by atoms with E-state index < -0.39 is 17.9 Å². The van der Waals surface area contributed by atoms with Gasteiger partial charge in [0.2, 0.25) is 5.91 Å². The Labute approximate surface area is 107 Å². The third kappa shape index (κ3) is 3.42. The lowest BCUT2D eigenvalue weighted by Gasteiger charge is -2.12. The molecule has 1 unspecified atom stereocenters. The van der Waals surface area contributed by atoms with Crippen LogP contribution in [0.25, 0.3) is 0 Å². The van der Waals surface area contributed by atoms with Crippen LogP contribution in [0.2, 0.25) is 0 Å². The fraction of sp³-hybridized carbons (Fsp3) is 0.300. The highest BCUT2D eigenvalue weighted by Crippen LogP contribution is 2.21. The van der Waals surface area contributed by atoms with Gasteiger partial charge in [0.25, 0.3) is 0 Å². The molecule has 1 atom stereocenters. The molecule has 0 aromatic carbocycles. The van der Waals surface area contributed by atoms with Gasteiger partial charge in [-0.2, -0.15) is 0 Å². The Hall–Kier alpha value is -1.63. The number of rotatable bonds is 4. The maximum atomic E-state index is 11.3. The van der Waals surface area contributed by atoms with E-state index in [2.05, 4.69) is 31.0 Å². The molecule has 1 aromatic rings. The minimum atomic E-state index is -0.591. The number of hydrogen-bond acceptors (Lipinski definition) is 5. The summed E-state index contributed by atoms with van der Waals surface area (Å²) in [6.45, 7) is 1.60. The Bertz CT molecular complexity index is 450. The van der Waals surface area contributed by atoms with Crippen LogP contribution in [0, 0.1) is 0 Å². The number of aromatic nitrogens is 1. The van der Waals surface area contributed by atoms with E-state index >= 15 is 0 Å². The van der Waals surface area contributed by atoms with Crippen molar-refractivity contribution in [3.05, 3.63) is 22.3 Å². The summed E-state index contributed by atoms with van der Waals surface area (Å²) in [7, 11) is 1.27. The first-order valence-corrected chi connectivity index (χ1v) is 5.55. The van der Waals surface area contributed by atoms with Crippen molar-refractivity contribution in [1.82, 2.24) is 4.98 Å². The van der Waals surface area contributed by atoms with Gasteiger partial charge in [-0.1, -0.05) is 0 Å². The van der Waals surface area contributed by atoms with Crippen LogP contribution in [0.4, 0.5) is 5.82 Å². The Morgan fingerprint density at radius 2 is 2.18 bits per heavy atom. The lowest BCUT2D eigenvalue weighted by molar-refractivity contribution is -0.118. The molecule has 0 spiro atoms. The van der Waals surface area contributed by atoms with Gasteiger partial charge in [0, 0.05) is 0 Å². The third-order valence-electron chi connectivity index (χ3n) is 2.02. The molecular weight excluding hydrogens is 290 g/mol. The zero-order valence-corrected chi connectivity index (χ0v) is 10.9. The number of anilines is 1. The molecule has 0 radical (unpaired) electrons. The Kier molecular flexibility index (Phi) is 4.45. The average Bonchev–Trinajstić information content (AvgIpc) is 2.30.